The van der Waals surface area contributed by atoms with Crippen molar-refractivity contribution in [1.82, 2.24) is 5.32 Å². The fourth-order valence-corrected chi connectivity index (χ4v) is 3.21. The van der Waals surface area contributed by atoms with Gasteiger partial charge in [0.2, 0.25) is 0 Å². The van der Waals surface area contributed by atoms with Crippen LogP contribution < -0.4 is 10.6 Å². The summed E-state index contributed by atoms with van der Waals surface area (Å²) in [6.07, 6.45) is 2.45. The van der Waals surface area contributed by atoms with Gasteiger partial charge in [-0.2, -0.15) is 0 Å². The van der Waals surface area contributed by atoms with E-state index in [1.807, 2.05) is 12.1 Å². The third-order valence-corrected chi connectivity index (χ3v) is 3.75. The van der Waals surface area contributed by atoms with Gasteiger partial charge in [-0.25, -0.2) is 0 Å². The molecule has 0 amide bonds. The van der Waals surface area contributed by atoms with Crippen LogP contribution in [-0.4, -0.2) is 19.1 Å². The van der Waals surface area contributed by atoms with Gasteiger partial charge in [0.25, 0.3) is 0 Å². The third kappa shape index (κ3) is 3.04. The predicted octanol–water partition coefficient (Wildman–Crippen LogP) is 3.92. The largest absolute Gasteiger partial charge is 0.381 e. The van der Waals surface area contributed by atoms with Crippen LogP contribution in [0.25, 0.3) is 0 Å². The fourth-order valence-electron chi connectivity index (χ4n) is 1.87. The van der Waals surface area contributed by atoms with Crippen molar-refractivity contribution >= 4 is 44.8 Å². The highest BCUT2D eigenvalue weighted by Gasteiger charge is 2.15. The van der Waals surface area contributed by atoms with Gasteiger partial charge in [-0.05, 0) is 31.5 Å². The number of hydrogen-bond donors (Lipinski definition) is 2. The van der Waals surface area contributed by atoms with Crippen LogP contribution in [0.15, 0.2) is 16.6 Å². The summed E-state index contributed by atoms with van der Waals surface area (Å²) in [5, 5.41) is 8.02. The maximum absolute atomic E-state index is 6.12. The fraction of sp³-hybridized carbons (Fsp3) is 0.455. The molecule has 1 aliphatic heterocycles. The summed E-state index contributed by atoms with van der Waals surface area (Å²) in [7, 11) is 0. The molecule has 88 valence electrons. The average molecular weight is 324 g/mol. The summed E-state index contributed by atoms with van der Waals surface area (Å²) >= 11 is 15.6. The molecule has 1 aromatic carbocycles. The Bertz CT molecular complexity index is 355. The number of anilines is 1. The van der Waals surface area contributed by atoms with E-state index >= 15 is 0 Å². The number of halogens is 3. The summed E-state index contributed by atoms with van der Waals surface area (Å²) in [5.41, 5.74) is 0.820. The van der Waals surface area contributed by atoms with Crippen LogP contribution in [0.5, 0.6) is 0 Å². The number of benzene rings is 1. The highest BCUT2D eigenvalue weighted by Crippen LogP contribution is 2.33. The Morgan fingerprint density at radius 3 is 2.62 bits per heavy atom. The minimum Gasteiger partial charge on any atom is -0.381 e. The molecule has 0 aromatic heterocycles. The molecule has 0 radical (unpaired) electrons. The molecule has 0 saturated carbocycles. The standard InChI is InChI=1S/C11H13BrCl2N2/c12-7-4-9(13)11(10(14)5-7)16-6-8-2-1-3-15-8/h4-5,8,15-16H,1-3,6H2. The summed E-state index contributed by atoms with van der Waals surface area (Å²) in [6.45, 7) is 1.97. The maximum Gasteiger partial charge on any atom is 0.0720 e. The van der Waals surface area contributed by atoms with Crippen LogP contribution in [0.1, 0.15) is 12.8 Å². The van der Waals surface area contributed by atoms with Gasteiger partial charge in [-0.15, -0.1) is 0 Å². The highest BCUT2D eigenvalue weighted by atomic mass is 79.9. The molecule has 1 unspecified atom stereocenters. The van der Waals surface area contributed by atoms with Crippen molar-refractivity contribution < 1.29 is 0 Å². The molecule has 2 N–H and O–H groups in total. The molecule has 5 heteroatoms. The van der Waals surface area contributed by atoms with E-state index in [4.69, 9.17) is 23.2 Å². The van der Waals surface area contributed by atoms with Crippen molar-refractivity contribution in [3.63, 3.8) is 0 Å². The van der Waals surface area contributed by atoms with E-state index in [0.29, 0.717) is 16.1 Å². The van der Waals surface area contributed by atoms with Crippen LogP contribution >= 0.6 is 39.1 Å². The van der Waals surface area contributed by atoms with Gasteiger partial charge >= 0.3 is 0 Å². The topological polar surface area (TPSA) is 24.1 Å². The minimum atomic E-state index is 0.524. The Balaban J connectivity index is 2.03. The molecule has 1 aliphatic rings. The molecule has 2 nitrogen and oxygen atoms in total. The Kier molecular flexibility index (Phi) is 4.36. The summed E-state index contributed by atoms with van der Waals surface area (Å²) in [4.78, 5) is 0. The van der Waals surface area contributed by atoms with Crippen LogP contribution in [0.2, 0.25) is 10.0 Å². The molecule has 1 atom stereocenters. The van der Waals surface area contributed by atoms with E-state index in [-0.39, 0.29) is 0 Å². The van der Waals surface area contributed by atoms with Gasteiger partial charge in [0.15, 0.2) is 0 Å². The first-order valence-electron chi connectivity index (χ1n) is 5.28. The maximum atomic E-state index is 6.12. The molecule has 0 spiro atoms. The van der Waals surface area contributed by atoms with E-state index < -0.39 is 0 Å². The Morgan fingerprint density at radius 2 is 2.06 bits per heavy atom. The van der Waals surface area contributed by atoms with Gasteiger partial charge in [0.1, 0.15) is 0 Å². The van der Waals surface area contributed by atoms with Crippen molar-refractivity contribution in [3.05, 3.63) is 26.7 Å². The first-order valence-corrected chi connectivity index (χ1v) is 6.83. The molecule has 2 rings (SSSR count). The van der Waals surface area contributed by atoms with E-state index in [0.717, 1.165) is 23.2 Å². The van der Waals surface area contributed by atoms with Crippen molar-refractivity contribution in [2.75, 3.05) is 18.4 Å². The Hall–Kier alpha value is 0.0400. The SMILES string of the molecule is Clc1cc(Br)cc(Cl)c1NCC1CCCN1. The van der Waals surface area contributed by atoms with Gasteiger partial charge in [-0.3, -0.25) is 0 Å². The summed E-state index contributed by atoms with van der Waals surface area (Å²) < 4.78 is 0.895. The van der Waals surface area contributed by atoms with Gasteiger partial charge in [-0.1, -0.05) is 39.1 Å². The lowest BCUT2D eigenvalue weighted by Crippen LogP contribution is -2.29. The lowest BCUT2D eigenvalue weighted by atomic mass is 10.2. The molecule has 0 bridgehead atoms. The average Bonchev–Trinajstić information content (AvgIpc) is 2.68. The normalized spacial score (nSPS) is 20.1. The van der Waals surface area contributed by atoms with E-state index in [9.17, 15) is 0 Å². The molecule has 1 aromatic rings. The minimum absolute atomic E-state index is 0.524. The van der Waals surface area contributed by atoms with Gasteiger partial charge in [0, 0.05) is 17.1 Å². The van der Waals surface area contributed by atoms with Crippen LogP contribution in [-0.2, 0) is 0 Å². The first kappa shape index (κ1) is 12.5. The number of nitrogens with one attached hydrogen (secondary N) is 2. The monoisotopic (exact) mass is 322 g/mol. The first-order chi connectivity index (χ1) is 7.66. The number of hydrogen-bond acceptors (Lipinski definition) is 2. The highest BCUT2D eigenvalue weighted by molar-refractivity contribution is 9.10. The molecule has 1 saturated heterocycles. The molecular formula is C11H13BrCl2N2. The van der Waals surface area contributed by atoms with Crippen molar-refractivity contribution in [2.45, 2.75) is 18.9 Å². The van der Waals surface area contributed by atoms with E-state index in [2.05, 4.69) is 26.6 Å². The molecule has 16 heavy (non-hydrogen) atoms. The summed E-state index contributed by atoms with van der Waals surface area (Å²) in [5.74, 6) is 0. The zero-order valence-corrected chi connectivity index (χ0v) is 11.8. The second kappa shape index (κ2) is 5.58. The van der Waals surface area contributed by atoms with Crippen LogP contribution in [0.4, 0.5) is 5.69 Å². The predicted molar refractivity (Wildman–Crippen MR) is 73.7 cm³/mol. The second-order valence-corrected chi connectivity index (χ2v) is 5.65. The number of rotatable bonds is 3. The molecule has 1 fully saturated rings. The zero-order chi connectivity index (χ0) is 11.5. The molecule has 1 heterocycles. The third-order valence-electron chi connectivity index (χ3n) is 2.69. The van der Waals surface area contributed by atoms with Gasteiger partial charge in [0.05, 0.1) is 15.7 Å². The van der Waals surface area contributed by atoms with Crippen molar-refractivity contribution in [1.29, 1.82) is 0 Å². The van der Waals surface area contributed by atoms with Crippen molar-refractivity contribution in [2.24, 2.45) is 0 Å². The quantitative estimate of drug-likeness (QED) is 0.881. The molecule has 0 aliphatic carbocycles. The smallest absolute Gasteiger partial charge is 0.0720 e. The lowest BCUT2D eigenvalue weighted by molar-refractivity contribution is 0.633. The Labute approximate surface area is 114 Å². The van der Waals surface area contributed by atoms with Crippen molar-refractivity contribution in [3.8, 4) is 0 Å². The zero-order valence-electron chi connectivity index (χ0n) is 8.69. The van der Waals surface area contributed by atoms with Crippen LogP contribution in [0, 0.1) is 0 Å². The Morgan fingerprint density at radius 1 is 1.38 bits per heavy atom. The van der Waals surface area contributed by atoms with E-state index in [1.165, 1.54) is 12.8 Å². The molecular weight excluding hydrogens is 311 g/mol. The van der Waals surface area contributed by atoms with Gasteiger partial charge < -0.3 is 10.6 Å². The summed E-state index contributed by atoms with van der Waals surface area (Å²) in [6, 6.07) is 4.21. The van der Waals surface area contributed by atoms with Crippen LogP contribution in [0.3, 0.4) is 0 Å². The van der Waals surface area contributed by atoms with E-state index in [1.54, 1.807) is 0 Å². The lowest BCUT2D eigenvalue weighted by Gasteiger charge is -2.15. The second-order valence-electron chi connectivity index (χ2n) is 3.92.